The normalized spacial score (nSPS) is 10.8. The Hall–Kier alpha value is -1.20. The Balaban J connectivity index is 0.00000324. The average molecular weight is 293 g/mol. The highest BCUT2D eigenvalue weighted by Crippen LogP contribution is 2.12. The number of benzene rings is 1. The Morgan fingerprint density at radius 2 is 2.00 bits per heavy atom. The third-order valence-corrected chi connectivity index (χ3v) is 2.70. The topological polar surface area (TPSA) is 55.1 Å². The molecule has 0 saturated carbocycles. The van der Waals surface area contributed by atoms with Crippen LogP contribution in [0.25, 0.3) is 0 Å². The van der Waals surface area contributed by atoms with Gasteiger partial charge in [-0.05, 0) is 25.0 Å². The largest absolute Gasteiger partial charge is 0.350 e. The van der Waals surface area contributed by atoms with E-state index < -0.39 is 24.9 Å². The second kappa shape index (κ2) is 7.40. The van der Waals surface area contributed by atoms with Crippen molar-refractivity contribution in [3.05, 3.63) is 34.9 Å². The Bertz CT molecular complexity index is 439. The molecule has 19 heavy (non-hydrogen) atoms. The molecule has 108 valence electrons. The maximum atomic E-state index is 12.9. The first kappa shape index (κ1) is 17.8. The summed E-state index contributed by atoms with van der Waals surface area (Å²) in [5, 5.41) is 2.20. The smallest absolute Gasteiger partial charge is 0.277 e. The first-order valence-electron chi connectivity index (χ1n) is 5.75. The predicted molar refractivity (Wildman–Crippen MR) is 73.9 cm³/mol. The molecule has 0 bridgehead atoms. The average Bonchev–Trinajstić information content (AvgIpc) is 2.31. The van der Waals surface area contributed by atoms with Gasteiger partial charge < -0.3 is 11.1 Å². The van der Waals surface area contributed by atoms with Crippen LogP contribution in [0.15, 0.2) is 18.2 Å². The van der Waals surface area contributed by atoms with Gasteiger partial charge in [-0.1, -0.05) is 23.8 Å². The summed E-state index contributed by atoms with van der Waals surface area (Å²) < 4.78 is 25.7. The summed E-state index contributed by atoms with van der Waals surface area (Å²) in [7, 11) is 0. The van der Waals surface area contributed by atoms with Crippen LogP contribution >= 0.6 is 12.4 Å². The van der Waals surface area contributed by atoms with E-state index in [0.29, 0.717) is 0 Å². The molecule has 0 spiro atoms. The minimum atomic E-state index is -3.04. The van der Waals surface area contributed by atoms with Crippen LogP contribution in [0.5, 0.6) is 0 Å². The SMILES string of the molecule is Cc1ccc(C)c(CC(=O)NCC(F)(F)CN)c1.Cl. The van der Waals surface area contributed by atoms with Crippen molar-refractivity contribution < 1.29 is 13.6 Å². The second-order valence-corrected chi connectivity index (χ2v) is 4.44. The molecule has 0 unspecified atom stereocenters. The monoisotopic (exact) mass is 292 g/mol. The molecular weight excluding hydrogens is 274 g/mol. The van der Waals surface area contributed by atoms with Crippen LogP contribution in [-0.4, -0.2) is 24.9 Å². The lowest BCUT2D eigenvalue weighted by atomic mass is 10.0. The Labute approximate surface area is 118 Å². The molecule has 1 aromatic carbocycles. The van der Waals surface area contributed by atoms with Gasteiger partial charge in [0.1, 0.15) is 0 Å². The molecule has 0 saturated heterocycles. The molecule has 0 aliphatic carbocycles. The van der Waals surface area contributed by atoms with E-state index in [0.717, 1.165) is 16.7 Å². The fourth-order valence-corrected chi connectivity index (χ4v) is 1.53. The van der Waals surface area contributed by atoms with Gasteiger partial charge in [0.05, 0.1) is 19.5 Å². The molecule has 6 heteroatoms. The quantitative estimate of drug-likeness (QED) is 0.872. The second-order valence-electron chi connectivity index (χ2n) is 4.44. The van der Waals surface area contributed by atoms with Gasteiger partial charge in [0.2, 0.25) is 5.91 Å². The lowest BCUT2D eigenvalue weighted by molar-refractivity contribution is -0.122. The predicted octanol–water partition coefficient (Wildman–Crippen LogP) is 1.98. The van der Waals surface area contributed by atoms with Gasteiger partial charge in [-0.3, -0.25) is 4.79 Å². The van der Waals surface area contributed by atoms with E-state index in [1.54, 1.807) is 0 Å². The number of halogens is 3. The van der Waals surface area contributed by atoms with Crippen molar-refractivity contribution in [2.24, 2.45) is 5.73 Å². The zero-order valence-corrected chi connectivity index (χ0v) is 11.8. The van der Waals surface area contributed by atoms with Crippen LogP contribution in [0.2, 0.25) is 0 Å². The van der Waals surface area contributed by atoms with Crippen LogP contribution in [-0.2, 0) is 11.2 Å². The molecule has 0 radical (unpaired) electrons. The first-order chi connectivity index (χ1) is 8.34. The highest BCUT2D eigenvalue weighted by molar-refractivity contribution is 5.85. The molecule has 0 aliphatic heterocycles. The van der Waals surface area contributed by atoms with Gasteiger partial charge in [0.15, 0.2) is 0 Å². The molecule has 0 aliphatic rings. The maximum Gasteiger partial charge on any atom is 0.277 e. The molecular formula is C13H19ClF2N2O. The van der Waals surface area contributed by atoms with Gasteiger partial charge in [-0.2, -0.15) is 0 Å². The highest BCUT2D eigenvalue weighted by atomic mass is 35.5. The van der Waals surface area contributed by atoms with Crippen LogP contribution in [0, 0.1) is 13.8 Å². The Morgan fingerprint density at radius 3 is 2.58 bits per heavy atom. The number of alkyl halides is 2. The lowest BCUT2D eigenvalue weighted by Gasteiger charge is -2.15. The molecule has 3 N–H and O–H groups in total. The van der Waals surface area contributed by atoms with Crippen molar-refractivity contribution in [3.8, 4) is 0 Å². The number of carbonyl (C=O) groups excluding carboxylic acids is 1. The van der Waals surface area contributed by atoms with Crippen molar-refractivity contribution in [3.63, 3.8) is 0 Å². The summed E-state index contributed by atoms with van der Waals surface area (Å²) in [4.78, 5) is 11.6. The molecule has 1 amide bonds. The van der Waals surface area contributed by atoms with Crippen molar-refractivity contribution in [1.82, 2.24) is 5.32 Å². The molecule has 1 aromatic rings. The van der Waals surface area contributed by atoms with E-state index in [-0.39, 0.29) is 18.8 Å². The summed E-state index contributed by atoms with van der Waals surface area (Å²) in [6.45, 7) is 2.32. The molecule has 3 nitrogen and oxygen atoms in total. The number of carbonyl (C=O) groups is 1. The van der Waals surface area contributed by atoms with Crippen LogP contribution in [0.4, 0.5) is 8.78 Å². The van der Waals surface area contributed by atoms with E-state index in [4.69, 9.17) is 5.73 Å². The summed E-state index contributed by atoms with van der Waals surface area (Å²) in [5.41, 5.74) is 7.75. The van der Waals surface area contributed by atoms with Crippen LogP contribution in [0.1, 0.15) is 16.7 Å². The van der Waals surface area contributed by atoms with Gasteiger partial charge in [-0.15, -0.1) is 12.4 Å². The van der Waals surface area contributed by atoms with E-state index >= 15 is 0 Å². The molecule has 0 fully saturated rings. The number of aryl methyl sites for hydroxylation is 2. The van der Waals surface area contributed by atoms with E-state index in [1.165, 1.54) is 0 Å². The summed E-state index contributed by atoms with van der Waals surface area (Å²) in [6, 6.07) is 5.74. The third kappa shape index (κ3) is 5.98. The fraction of sp³-hybridized carbons (Fsp3) is 0.462. The molecule has 0 aromatic heterocycles. The third-order valence-electron chi connectivity index (χ3n) is 2.70. The van der Waals surface area contributed by atoms with Crippen molar-refractivity contribution in [2.45, 2.75) is 26.2 Å². The zero-order chi connectivity index (χ0) is 13.8. The Kier molecular flexibility index (Phi) is 6.94. The maximum absolute atomic E-state index is 12.9. The van der Waals surface area contributed by atoms with Crippen molar-refractivity contribution in [2.75, 3.05) is 13.1 Å². The van der Waals surface area contributed by atoms with E-state index in [1.807, 2.05) is 32.0 Å². The lowest BCUT2D eigenvalue weighted by Crippen LogP contribution is -2.42. The van der Waals surface area contributed by atoms with Crippen molar-refractivity contribution in [1.29, 1.82) is 0 Å². The molecule has 1 rings (SSSR count). The first-order valence-corrected chi connectivity index (χ1v) is 5.75. The number of rotatable bonds is 5. The standard InChI is InChI=1S/C13H18F2N2O.ClH/c1-9-3-4-10(2)11(5-9)6-12(18)17-8-13(14,15)7-16;/h3-5H,6-8,16H2,1-2H3,(H,17,18);1H. The summed E-state index contributed by atoms with van der Waals surface area (Å²) >= 11 is 0. The molecule has 0 atom stereocenters. The van der Waals surface area contributed by atoms with Crippen LogP contribution < -0.4 is 11.1 Å². The summed E-state index contributed by atoms with van der Waals surface area (Å²) in [6.07, 6.45) is 0.105. The van der Waals surface area contributed by atoms with E-state index in [9.17, 15) is 13.6 Å². The number of amides is 1. The minimum absolute atomic E-state index is 0. The number of nitrogens with one attached hydrogen (secondary N) is 1. The molecule has 0 heterocycles. The van der Waals surface area contributed by atoms with Gasteiger partial charge >= 0.3 is 0 Å². The van der Waals surface area contributed by atoms with Crippen molar-refractivity contribution >= 4 is 18.3 Å². The zero-order valence-electron chi connectivity index (χ0n) is 11.0. The highest BCUT2D eigenvalue weighted by Gasteiger charge is 2.27. The van der Waals surface area contributed by atoms with Crippen LogP contribution in [0.3, 0.4) is 0 Å². The minimum Gasteiger partial charge on any atom is -0.350 e. The van der Waals surface area contributed by atoms with Gasteiger partial charge in [-0.25, -0.2) is 8.78 Å². The number of hydrogen-bond donors (Lipinski definition) is 2. The fourth-order valence-electron chi connectivity index (χ4n) is 1.53. The Morgan fingerprint density at radius 1 is 1.37 bits per heavy atom. The number of nitrogens with two attached hydrogens (primary N) is 1. The van der Waals surface area contributed by atoms with Gasteiger partial charge in [0, 0.05) is 0 Å². The summed E-state index contributed by atoms with van der Waals surface area (Å²) in [5.74, 6) is -3.46. The van der Waals surface area contributed by atoms with Gasteiger partial charge in [0.25, 0.3) is 5.92 Å². The number of hydrogen-bond acceptors (Lipinski definition) is 2. The van der Waals surface area contributed by atoms with E-state index in [2.05, 4.69) is 5.32 Å².